The van der Waals surface area contributed by atoms with Crippen molar-refractivity contribution in [3.63, 3.8) is 0 Å². The third-order valence-corrected chi connectivity index (χ3v) is 13.3. The van der Waals surface area contributed by atoms with E-state index in [1.807, 2.05) is 12.1 Å². The summed E-state index contributed by atoms with van der Waals surface area (Å²) in [5.74, 6) is 3.20. The molecular weight excluding hydrogens is 611 g/mol. The van der Waals surface area contributed by atoms with Gasteiger partial charge in [0.2, 0.25) is 0 Å². The molecule has 6 aromatic carbocycles. The molecule has 3 nitrogen and oxygen atoms in total. The topological polar surface area (TPSA) is 29.5 Å². The minimum atomic E-state index is 0.0880. The lowest BCUT2D eigenvalue weighted by Gasteiger charge is -2.53. The first-order valence-electron chi connectivity index (χ1n) is 18.6. The van der Waals surface area contributed by atoms with Crippen LogP contribution in [0.2, 0.25) is 0 Å². The van der Waals surface area contributed by atoms with E-state index in [1.54, 1.807) is 11.1 Å². The van der Waals surface area contributed by atoms with Gasteiger partial charge in [0.25, 0.3) is 0 Å². The standard InChI is InChI=1S/C47H37NO2/c1-4-11-39-38(10-1)46-40(47(39)30-17-16-28-22-29(24-30)25-31(47)23-28)12-7-13-41(46)48(32-18-20-36-34-8-2-5-14-42(34)49-44(36)26-32)33-19-21-37-35-9-3-6-15-43(35)50-45(37)27-33/h1-15,18-21,26-31H,16-17,22-25H2. The van der Waals surface area contributed by atoms with Crippen LogP contribution >= 0.6 is 0 Å². The predicted molar refractivity (Wildman–Crippen MR) is 204 cm³/mol. The highest BCUT2D eigenvalue weighted by Gasteiger charge is 2.60. The zero-order valence-electron chi connectivity index (χ0n) is 27.9. The van der Waals surface area contributed by atoms with Gasteiger partial charge in [0.15, 0.2) is 0 Å². The summed E-state index contributed by atoms with van der Waals surface area (Å²) >= 11 is 0. The van der Waals surface area contributed by atoms with Crippen LogP contribution in [0.4, 0.5) is 17.1 Å². The summed E-state index contributed by atoms with van der Waals surface area (Å²) in [6, 6.07) is 46.9. The van der Waals surface area contributed by atoms with Crippen LogP contribution < -0.4 is 4.90 Å². The van der Waals surface area contributed by atoms with Crippen molar-refractivity contribution in [1.29, 1.82) is 0 Å². The highest BCUT2D eigenvalue weighted by molar-refractivity contribution is 6.08. The first kappa shape index (κ1) is 27.5. The molecule has 13 rings (SSSR count). The summed E-state index contributed by atoms with van der Waals surface area (Å²) < 4.78 is 13.0. The molecule has 1 spiro atoms. The van der Waals surface area contributed by atoms with Crippen LogP contribution in [-0.4, -0.2) is 0 Å². The smallest absolute Gasteiger partial charge is 0.137 e. The Morgan fingerprint density at radius 1 is 0.480 bits per heavy atom. The molecule has 0 N–H and O–H groups in total. The van der Waals surface area contributed by atoms with Crippen molar-refractivity contribution in [2.75, 3.05) is 4.90 Å². The van der Waals surface area contributed by atoms with Crippen molar-refractivity contribution >= 4 is 60.9 Å². The summed E-state index contributed by atoms with van der Waals surface area (Å²) in [6.45, 7) is 0. The van der Waals surface area contributed by atoms with Gasteiger partial charge in [0.05, 0.1) is 5.69 Å². The summed E-state index contributed by atoms with van der Waals surface area (Å²) in [5, 5.41) is 4.59. The lowest BCUT2D eigenvalue weighted by Crippen LogP contribution is -2.48. The maximum atomic E-state index is 6.50. The Morgan fingerprint density at radius 3 is 1.82 bits per heavy atom. The number of benzene rings is 6. The molecule has 0 saturated heterocycles. The highest BCUT2D eigenvalue weighted by Crippen LogP contribution is 2.68. The second-order valence-corrected chi connectivity index (χ2v) is 15.7. The normalized spacial score (nSPS) is 24.8. The molecule has 2 heterocycles. The second kappa shape index (κ2) is 9.91. The largest absolute Gasteiger partial charge is 0.456 e. The van der Waals surface area contributed by atoms with Crippen LogP contribution in [-0.2, 0) is 5.41 Å². The van der Waals surface area contributed by atoms with E-state index in [-0.39, 0.29) is 5.41 Å². The van der Waals surface area contributed by atoms with Gasteiger partial charge in [0.1, 0.15) is 22.3 Å². The van der Waals surface area contributed by atoms with Gasteiger partial charge < -0.3 is 13.7 Å². The Kier molecular flexibility index (Phi) is 5.46. The first-order valence-corrected chi connectivity index (χ1v) is 18.6. The van der Waals surface area contributed by atoms with Crippen molar-refractivity contribution in [2.45, 2.75) is 43.9 Å². The zero-order valence-corrected chi connectivity index (χ0v) is 27.9. The molecule has 5 unspecified atom stereocenters. The van der Waals surface area contributed by atoms with Gasteiger partial charge in [-0.05, 0) is 115 Å². The number of anilines is 3. The van der Waals surface area contributed by atoms with Gasteiger partial charge in [-0.3, -0.25) is 0 Å². The molecule has 2 aromatic heterocycles. The lowest BCUT2D eigenvalue weighted by molar-refractivity contribution is 0.0618. The minimum Gasteiger partial charge on any atom is -0.456 e. The fraction of sp³-hybridized carbons (Fsp3) is 0.234. The van der Waals surface area contributed by atoms with E-state index in [1.165, 1.54) is 55.3 Å². The van der Waals surface area contributed by atoms with Gasteiger partial charge in [-0.1, -0.05) is 79.2 Å². The molecule has 0 aliphatic heterocycles. The Hall–Kier alpha value is -5.28. The molecule has 242 valence electrons. The van der Waals surface area contributed by atoms with Gasteiger partial charge >= 0.3 is 0 Å². The highest BCUT2D eigenvalue weighted by atomic mass is 16.3. The lowest BCUT2D eigenvalue weighted by atomic mass is 9.51. The molecule has 0 amide bonds. The molecule has 4 saturated carbocycles. The van der Waals surface area contributed by atoms with Gasteiger partial charge in [-0.25, -0.2) is 0 Å². The van der Waals surface area contributed by atoms with Crippen molar-refractivity contribution < 1.29 is 8.83 Å². The average molecular weight is 648 g/mol. The summed E-state index contributed by atoms with van der Waals surface area (Å²) in [4.78, 5) is 2.47. The molecular formula is C47H37NO2. The maximum Gasteiger partial charge on any atom is 0.137 e. The Labute approximate surface area is 291 Å². The predicted octanol–water partition coefficient (Wildman–Crippen LogP) is 13.1. The van der Waals surface area contributed by atoms with E-state index in [9.17, 15) is 0 Å². The number of fused-ring (bicyclic) bond motifs is 10. The molecule has 5 aliphatic carbocycles. The Bertz CT molecular complexity index is 2550. The summed E-state index contributed by atoms with van der Waals surface area (Å²) in [6.07, 6.45) is 8.34. The van der Waals surface area contributed by atoms with E-state index < -0.39 is 0 Å². The number of para-hydroxylation sites is 2. The molecule has 4 bridgehead atoms. The van der Waals surface area contributed by atoms with E-state index in [4.69, 9.17) is 8.83 Å². The second-order valence-electron chi connectivity index (χ2n) is 15.7. The number of furan rings is 2. The fourth-order valence-corrected chi connectivity index (χ4v) is 11.6. The Balaban J connectivity index is 1.13. The maximum absolute atomic E-state index is 6.50. The monoisotopic (exact) mass is 647 g/mol. The van der Waals surface area contributed by atoms with Gasteiger partial charge in [0, 0.05) is 56.0 Å². The van der Waals surface area contributed by atoms with Crippen LogP contribution in [0, 0.1) is 23.7 Å². The number of nitrogens with zero attached hydrogens (tertiary/aromatic N) is 1. The van der Waals surface area contributed by atoms with Gasteiger partial charge in [-0.15, -0.1) is 0 Å². The first-order chi connectivity index (χ1) is 24.7. The van der Waals surface area contributed by atoms with Crippen molar-refractivity contribution in [3.05, 3.63) is 139 Å². The van der Waals surface area contributed by atoms with Gasteiger partial charge in [-0.2, -0.15) is 0 Å². The molecule has 5 aliphatic rings. The molecule has 4 fully saturated rings. The number of hydrogen-bond acceptors (Lipinski definition) is 3. The summed E-state index contributed by atoms with van der Waals surface area (Å²) in [7, 11) is 0. The number of rotatable bonds is 3. The van der Waals surface area contributed by atoms with Crippen LogP contribution in [0.3, 0.4) is 0 Å². The molecule has 50 heavy (non-hydrogen) atoms. The molecule has 3 heteroatoms. The van der Waals surface area contributed by atoms with Crippen molar-refractivity contribution in [2.24, 2.45) is 23.7 Å². The van der Waals surface area contributed by atoms with E-state index >= 15 is 0 Å². The zero-order chi connectivity index (χ0) is 32.6. The van der Waals surface area contributed by atoms with E-state index in [0.29, 0.717) is 11.8 Å². The van der Waals surface area contributed by atoms with Crippen molar-refractivity contribution in [1.82, 2.24) is 0 Å². The molecule has 5 atom stereocenters. The fourth-order valence-electron chi connectivity index (χ4n) is 11.6. The Morgan fingerprint density at radius 2 is 1.08 bits per heavy atom. The van der Waals surface area contributed by atoms with E-state index in [0.717, 1.165) is 67.1 Å². The van der Waals surface area contributed by atoms with Crippen LogP contribution in [0.5, 0.6) is 0 Å². The van der Waals surface area contributed by atoms with Crippen LogP contribution in [0.15, 0.2) is 136 Å². The SMILES string of the molecule is c1ccc2c(c1)-c1c(N(c3ccc4c(c3)oc3ccccc34)c3ccc4c(c3)oc3ccccc34)cccc1C21C2CCC3CC(C2)CC1C3. The third-order valence-electron chi connectivity index (χ3n) is 13.3. The average Bonchev–Trinajstić information content (AvgIpc) is 3.75. The minimum absolute atomic E-state index is 0.0880. The van der Waals surface area contributed by atoms with Crippen LogP contribution in [0.25, 0.3) is 55.0 Å². The summed E-state index contributed by atoms with van der Waals surface area (Å²) in [5.41, 5.74) is 13.1. The van der Waals surface area contributed by atoms with Crippen molar-refractivity contribution in [3.8, 4) is 11.1 Å². The molecule has 0 radical (unpaired) electrons. The number of hydrogen-bond donors (Lipinski definition) is 0. The van der Waals surface area contributed by atoms with Crippen LogP contribution in [0.1, 0.15) is 49.7 Å². The molecule has 8 aromatic rings. The quantitative estimate of drug-likeness (QED) is 0.191. The van der Waals surface area contributed by atoms with E-state index in [2.05, 4.69) is 120 Å². The third kappa shape index (κ3) is 3.55.